The molecule has 0 aliphatic rings. The van der Waals surface area contributed by atoms with Crippen molar-refractivity contribution >= 4 is 5.97 Å². The molecule has 0 fully saturated rings. The van der Waals surface area contributed by atoms with Crippen molar-refractivity contribution < 1.29 is 9.53 Å². The van der Waals surface area contributed by atoms with Gasteiger partial charge in [0.2, 0.25) is 0 Å². The minimum atomic E-state index is -0.253. The van der Waals surface area contributed by atoms with Crippen LogP contribution in [0.2, 0.25) is 0 Å². The van der Waals surface area contributed by atoms with Crippen molar-refractivity contribution in [3.8, 4) is 0 Å². The van der Waals surface area contributed by atoms with Crippen LogP contribution < -0.4 is 0 Å². The van der Waals surface area contributed by atoms with Gasteiger partial charge in [-0.15, -0.1) is 6.58 Å². The third kappa shape index (κ3) is 8.04. The van der Waals surface area contributed by atoms with E-state index in [1.165, 1.54) is 5.57 Å². The summed E-state index contributed by atoms with van der Waals surface area (Å²) in [6.45, 7) is 9.96. The van der Waals surface area contributed by atoms with Crippen molar-refractivity contribution in [1.82, 2.24) is 0 Å². The van der Waals surface area contributed by atoms with E-state index in [-0.39, 0.29) is 5.97 Å². The van der Waals surface area contributed by atoms with Crippen molar-refractivity contribution in [2.24, 2.45) is 0 Å². The van der Waals surface area contributed by atoms with E-state index in [0.29, 0.717) is 6.61 Å². The summed E-state index contributed by atoms with van der Waals surface area (Å²) < 4.78 is 4.83. The number of allylic oxidation sites excluding steroid dienone is 4. The number of ether oxygens (including phenoxy) is 1. The van der Waals surface area contributed by atoms with Gasteiger partial charge in [-0.05, 0) is 40.0 Å². The lowest BCUT2D eigenvalue weighted by atomic mass is 10.1. The summed E-state index contributed by atoms with van der Waals surface area (Å²) in [5.41, 5.74) is 2.35. The first-order valence-corrected chi connectivity index (χ1v) is 5.70. The van der Waals surface area contributed by atoms with Crippen LogP contribution in [0.4, 0.5) is 0 Å². The molecule has 16 heavy (non-hydrogen) atoms. The Kier molecular flexibility index (Phi) is 8.22. The maximum atomic E-state index is 11.1. The van der Waals surface area contributed by atoms with Gasteiger partial charge in [-0.1, -0.05) is 23.3 Å². The summed E-state index contributed by atoms with van der Waals surface area (Å²) >= 11 is 0. The first-order chi connectivity index (χ1) is 7.60. The fraction of sp³-hybridized carbons (Fsp3) is 0.500. The fourth-order valence-corrected chi connectivity index (χ4v) is 1.21. The van der Waals surface area contributed by atoms with Gasteiger partial charge in [-0.2, -0.15) is 0 Å². The first-order valence-electron chi connectivity index (χ1n) is 5.70. The van der Waals surface area contributed by atoms with E-state index in [1.54, 1.807) is 13.0 Å². The Labute approximate surface area is 98.7 Å². The second-order valence-corrected chi connectivity index (χ2v) is 3.82. The van der Waals surface area contributed by atoms with E-state index in [0.717, 1.165) is 24.8 Å². The Morgan fingerprint density at radius 3 is 2.56 bits per heavy atom. The highest BCUT2D eigenvalue weighted by Crippen LogP contribution is 2.09. The van der Waals surface area contributed by atoms with Gasteiger partial charge in [0.15, 0.2) is 0 Å². The third-order valence-electron chi connectivity index (χ3n) is 2.17. The van der Waals surface area contributed by atoms with Gasteiger partial charge >= 0.3 is 5.97 Å². The lowest BCUT2D eigenvalue weighted by Crippen LogP contribution is -2.00. The molecule has 0 atom stereocenters. The molecular weight excluding hydrogens is 200 g/mol. The van der Waals surface area contributed by atoms with E-state index in [9.17, 15) is 4.79 Å². The minimum absolute atomic E-state index is 0.253. The van der Waals surface area contributed by atoms with Gasteiger partial charge in [0.25, 0.3) is 0 Å². The molecule has 0 aliphatic heterocycles. The summed E-state index contributed by atoms with van der Waals surface area (Å²) in [4.78, 5) is 11.1. The summed E-state index contributed by atoms with van der Waals surface area (Å²) in [5.74, 6) is -0.253. The second kappa shape index (κ2) is 8.96. The molecule has 0 unspecified atom stereocenters. The highest BCUT2D eigenvalue weighted by atomic mass is 16.5. The van der Waals surface area contributed by atoms with Crippen molar-refractivity contribution in [3.63, 3.8) is 0 Å². The normalized spacial score (nSPS) is 12.4. The van der Waals surface area contributed by atoms with Gasteiger partial charge in [-0.3, -0.25) is 0 Å². The quantitative estimate of drug-likeness (QED) is 0.372. The summed E-state index contributed by atoms with van der Waals surface area (Å²) in [6, 6.07) is 0. The molecule has 0 saturated heterocycles. The molecule has 0 spiro atoms. The fourth-order valence-electron chi connectivity index (χ4n) is 1.21. The number of hydrogen-bond donors (Lipinski definition) is 0. The lowest BCUT2D eigenvalue weighted by molar-refractivity contribution is -0.137. The number of carbonyl (C=O) groups is 1. The molecule has 90 valence electrons. The average molecular weight is 222 g/mol. The largest absolute Gasteiger partial charge is 0.463 e. The number of carbonyl (C=O) groups excluding carboxylic acids is 1. The van der Waals surface area contributed by atoms with Gasteiger partial charge in [0.05, 0.1) is 6.61 Å². The van der Waals surface area contributed by atoms with Crippen LogP contribution in [0.15, 0.2) is 36.0 Å². The lowest BCUT2D eigenvalue weighted by Gasteiger charge is -2.00. The maximum absolute atomic E-state index is 11.1. The maximum Gasteiger partial charge on any atom is 0.330 e. The number of esters is 1. The first kappa shape index (κ1) is 14.7. The molecule has 0 bridgehead atoms. The zero-order chi connectivity index (χ0) is 12.4. The monoisotopic (exact) mass is 222 g/mol. The van der Waals surface area contributed by atoms with E-state index < -0.39 is 0 Å². The van der Waals surface area contributed by atoms with Crippen molar-refractivity contribution in [2.75, 3.05) is 6.61 Å². The Morgan fingerprint density at radius 2 is 2.00 bits per heavy atom. The highest BCUT2D eigenvalue weighted by Gasteiger charge is 1.97. The van der Waals surface area contributed by atoms with E-state index in [4.69, 9.17) is 4.74 Å². The third-order valence-corrected chi connectivity index (χ3v) is 2.17. The van der Waals surface area contributed by atoms with Gasteiger partial charge < -0.3 is 4.74 Å². The zero-order valence-electron chi connectivity index (χ0n) is 10.6. The standard InChI is InChI=1S/C14H22O2/c1-5-7-8-12(3)9-10-13(4)11-14(15)16-6-2/h5,9,11H,1,6-8,10H2,2-4H3/b12-9-,13-11-. The van der Waals surface area contributed by atoms with Crippen LogP contribution in [-0.2, 0) is 9.53 Å². The molecule has 0 radical (unpaired) electrons. The molecule has 0 heterocycles. The van der Waals surface area contributed by atoms with Crippen LogP contribution in [0.1, 0.15) is 40.0 Å². The topological polar surface area (TPSA) is 26.3 Å². The van der Waals surface area contributed by atoms with Crippen LogP contribution in [-0.4, -0.2) is 12.6 Å². The highest BCUT2D eigenvalue weighted by molar-refractivity contribution is 5.82. The van der Waals surface area contributed by atoms with Crippen molar-refractivity contribution in [1.29, 1.82) is 0 Å². The Morgan fingerprint density at radius 1 is 1.31 bits per heavy atom. The van der Waals surface area contributed by atoms with E-state index in [1.807, 2.05) is 13.0 Å². The molecule has 2 heteroatoms. The summed E-state index contributed by atoms with van der Waals surface area (Å²) in [5, 5.41) is 0. The molecular formula is C14H22O2. The molecule has 2 nitrogen and oxygen atoms in total. The van der Waals surface area contributed by atoms with E-state index in [2.05, 4.69) is 19.6 Å². The van der Waals surface area contributed by atoms with Crippen LogP contribution in [0.25, 0.3) is 0 Å². The summed E-state index contributed by atoms with van der Waals surface area (Å²) in [6.07, 6.45) is 8.47. The van der Waals surface area contributed by atoms with Gasteiger partial charge in [0, 0.05) is 6.08 Å². The van der Waals surface area contributed by atoms with Gasteiger partial charge in [-0.25, -0.2) is 4.79 Å². The van der Waals surface area contributed by atoms with Crippen LogP contribution in [0.5, 0.6) is 0 Å². The van der Waals surface area contributed by atoms with Crippen molar-refractivity contribution in [2.45, 2.75) is 40.0 Å². The second-order valence-electron chi connectivity index (χ2n) is 3.82. The molecule has 0 amide bonds. The predicted octanol–water partition coefficient (Wildman–Crippen LogP) is 3.80. The Bertz CT molecular complexity index is 285. The van der Waals surface area contributed by atoms with Crippen molar-refractivity contribution in [3.05, 3.63) is 36.0 Å². The average Bonchev–Trinajstić information content (AvgIpc) is 2.23. The van der Waals surface area contributed by atoms with E-state index >= 15 is 0 Å². The zero-order valence-corrected chi connectivity index (χ0v) is 10.6. The predicted molar refractivity (Wildman–Crippen MR) is 68.2 cm³/mol. The number of rotatable bonds is 7. The molecule has 0 N–H and O–H groups in total. The van der Waals surface area contributed by atoms with Gasteiger partial charge in [0.1, 0.15) is 0 Å². The Hall–Kier alpha value is -1.31. The Balaban J connectivity index is 4.08. The molecule has 0 saturated carbocycles. The molecule has 0 aromatic heterocycles. The molecule has 0 rings (SSSR count). The molecule has 0 aliphatic carbocycles. The smallest absolute Gasteiger partial charge is 0.330 e. The number of hydrogen-bond acceptors (Lipinski definition) is 2. The summed E-state index contributed by atoms with van der Waals surface area (Å²) in [7, 11) is 0. The SMILES string of the molecule is C=CCC/C(C)=C\C/C(C)=C\C(=O)OCC. The minimum Gasteiger partial charge on any atom is -0.463 e. The van der Waals surface area contributed by atoms with Crippen LogP contribution >= 0.6 is 0 Å². The molecule has 0 aromatic rings. The molecule has 0 aromatic carbocycles. The van der Waals surface area contributed by atoms with Crippen LogP contribution in [0.3, 0.4) is 0 Å². The van der Waals surface area contributed by atoms with Crippen LogP contribution in [0, 0.1) is 0 Å².